The number of halogens is 2. The zero-order valence-electron chi connectivity index (χ0n) is 10.5. The van der Waals surface area contributed by atoms with Crippen LogP contribution in [0.4, 0.5) is 0 Å². The van der Waals surface area contributed by atoms with Crippen molar-refractivity contribution in [3.8, 4) is 5.69 Å². The number of benzene rings is 2. The van der Waals surface area contributed by atoms with Crippen LogP contribution in [0.15, 0.2) is 41.3 Å². The molecule has 0 spiro atoms. The minimum Gasteiger partial charge on any atom is -0.330 e. The molecular weight excluding hydrogens is 331 g/mol. The van der Waals surface area contributed by atoms with Gasteiger partial charge in [0.05, 0.1) is 21.1 Å². The zero-order valence-corrected chi connectivity index (χ0v) is 13.6. The Hall–Kier alpha value is -0.940. The van der Waals surface area contributed by atoms with E-state index in [0.29, 0.717) is 14.8 Å². The minimum absolute atomic E-state index is 0.514. The lowest BCUT2D eigenvalue weighted by atomic mass is 10.3. The molecule has 0 amide bonds. The minimum atomic E-state index is 0.514. The molecule has 6 heteroatoms. The average molecular weight is 341 g/mol. The van der Waals surface area contributed by atoms with E-state index in [2.05, 4.69) is 17.1 Å². The molecule has 0 aliphatic rings. The van der Waals surface area contributed by atoms with Gasteiger partial charge in [0, 0.05) is 10.6 Å². The Morgan fingerprint density at radius 2 is 1.90 bits per heavy atom. The molecule has 1 N–H and O–H groups in total. The van der Waals surface area contributed by atoms with Crippen LogP contribution in [0.1, 0.15) is 0 Å². The van der Waals surface area contributed by atoms with Crippen LogP contribution < -0.4 is 0 Å². The molecule has 102 valence electrons. The van der Waals surface area contributed by atoms with Gasteiger partial charge in [0.2, 0.25) is 0 Å². The maximum Gasteiger partial charge on any atom is 0.182 e. The molecular formula is C14H10Cl2N2S2. The largest absolute Gasteiger partial charge is 0.330 e. The first kappa shape index (κ1) is 14.0. The van der Waals surface area contributed by atoms with E-state index in [1.807, 2.05) is 29.0 Å². The van der Waals surface area contributed by atoms with E-state index < -0.39 is 0 Å². The Bertz CT molecular complexity index is 852. The number of rotatable bonds is 2. The van der Waals surface area contributed by atoms with Gasteiger partial charge in [-0.2, -0.15) is 0 Å². The summed E-state index contributed by atoms with van der Waals surface area (Å²) in [6.45, 7) is 0. The van der Waals surface area contributed by atoms with Crippen molar-refractivity contribution in [2.75, 3.05) is 6.26 Å². The van der Waals surface area contributed by atoms with Crippen LogP contribution in [0.2, 0.25) is 10.0 Å². The van der Waals surface area contributed by atoms with Gasteiger partial charge in [0.1, 0.15) is 0 Å². The quantitative estimate of drug-likeness (QED) is 0.475. The predicted molar refractivity (Wildman–Crippen MR) is 90.3 cm³/mol. The van der Waals surface area contributed by atoms with E-state index in [9.17, 15) is 0 Å². The maximum atomic E-state index is 6.12. The zero-order chi connectivity index (χ0) is 14.3. The summed E-state index contributed by atoms with van der Waals surface area (Å²) < 4.78 is 2.59. The van der Waals surface area contributed by atoms with E-state index in [1.54, 1.807) is 17.8 Å². The Balaban J connectivity index is 2.32. The third kappa shape index (κ3) is 2.37. The van der Waals surface area contributed by atoms with Crippen molar-refractivity contribution in [1.29, 1.82) is 0 Å². The highest BCUT2D eigenvalue weighted by atomic mass is 35.5. The first-order chi connectivity index (χ1) is 9.60. The fourth-order valence-corrected chi connectivity index (χ4v) is 3.20. The van der Waals surface area contributed by atoms with Crippen molar-refractivity contribution < 1.29 is 0 Å². The maximum absolute atomic E-state index is 6.12. The van der Waals surface area contributed by atoms with Crippen LogP contribution >= 0.6 is 47.2 Å². The monoisotopic (exact) mass is 340 g/mol. The topological polar surface area (TPSA) is 20.7 Å². The Kier molecular flexibility index (Phi) is 3.82. The van der Waals surface area contributed by atoms with Gasteiger partial charge in [0.25, 0.3) is 0 Å². The van der Waals surface area contributed by atoms with Gasteiger partial charge in [0.15, 0.2) is 4.77 Å². The number of fused-ring (bicyclic) bond motifs is 1. The van der Waals surface area contributed by atoms with Gasteiger partial charge in [-0.25, -0.2) is 0 Å². The summed E-state index contributed by atoms with van der Waals surface area (Å²) in [5.41, 5.74) is 2.80. The Morgan fingerprint density at radius 1 is 1.15 bits per heavy atom. The molecule has 0 atom stereocenters. The van der Waals surface area contributed by atoms with Crippen molar-refractivity contribution in [2.24, 2.45) is 0 Å². The number of hydrogen-bond donors (Lipinski definition) is 1. The Labute approximate surface area is 135 Å². The fourth-order valence-electron chi connectivity index (χ4n) is 2.11. The lowest BCUT2D eigenvalue weighted by Gasteiger charge is -2.06. The van der Waals surface area contributed by atoms with Crippen LogP contribution in [0.25, 0.3) is 16.7 Å². The molecule has 0 fully saturated rings. The highest BCUT2D eigenvalue weighted by molar-refractivity contribution is 7.98. The molecule has 2 aromatic carbocycles. The lowest BCUT2D eigenvalue weighted by molar-refractivity contribution is 1.06. The molecule has 0 radical (unpaired) electrons. The second-order valence-corrected chi connectivity index (χ2v) is 6.33. The second kappa shape index (κ2) is 5.45. The predicted octanol–water partition coefficient (Wildman–Crippen LogP) is 5.72. The summed E-state index contributed by atoms with van der Waals surface area (Å²) in [7, 11) is 0. The van der Waals surface area contributed by atoms with E-state index in [1.165, 1.54) is 4.90 Å². The molecule has 2 nitrogen and oxygen atoms in total. The summed E-state index contributed by atoms with van der Waals surface area (Å²) in [4.78, 5) is 4.34. The molecule has 20 heavy (non-hydrogen) atoms. The number of nitrogens with zero attached hydrogens (tertiary/aromatic N) is 1. The number of hydrogen-bond acceptors (Lipinski definition) is 2. The summed E-state index contributed by atoms with van der Waals surface area (Å²) in [6.07, 6.45) is 2.05. The second-order valence-electron chi connectivity index (χ2n) is 4.25. The van der Waals surface area contributed by atoms with Crippen molar-refractivity contribution in [3.05, 3.63) is 51.2 Å². The summed E-state index contributed by atoms with van der Waals surface area (Å²) >= 11 is 19.3. The third-order valence-electron chi connectivity index (χ3n) is 3.04. The number of nitrogens with one attached hydrogen (secondary N) is 1. The van der Waals surface area contributed by atoms with Crippen LogP contribution in [-0.2, 0) is 0 Å². The van der Waals surface area contributed by atoms with Crippen LogP contribution in [0, 0.1) is 4.77 Å². The normalized spacial score (nSPS) is 11.2. The van der Waals surface area contributed by atoms with Gasteiger partial charge >= 0.3 is 0 Å². The highest BCUT2D eigenvalue weighted by Crippen LogP contribution is 2.30. The molecule has 0 aliphatic heterocycles. The van der Waals surface area contributed by atoms with Crippen molar-refractivity contribution in [1.82, 2.24) is 9.55 Å². The Morgan fingerprint density at radius 3 is 2.65 bits per heavy atom. The lowest BCUT2D eigenvalue weighted by Crippen LogP contribution is -1.94. The summed E-state index contributed by atoms with van der Waals surface area (Å²) in [6, 6.07) is 11.8. The first-order valence-electron chi connectivity index (χ1n) is 5.84. The molecule has 3 aromatic rings. The average Bonchev–Trinajstić information content (AvgIpc) is 2.74. The summed E-state index contributed by atoms with van der Waals surface area (Å²) in [5.74, 6) is 0. The van der Waals surface area contributed by atoms with E-state index in [0.717, 1.165) is 16.7 Å². The molecule has 0 aliphatic carbocycles. The van der Waals surface area contributed by atoms with Crippen LogP contribution in [-0.4, -0.2) is 15.8 Å². The standard InChI is InChI=1S/C14H10Cl2N2S2/c1-20-9-4-2-3-8(5-9)18-13-7-11(16)10(15)6-12(13)17-14(18)19/h2-7H,1H3,(H,17,19). The number of aromatic amines is 1. The molecule has 0 saturated carbocycles. The number of thioether (sulfide) groups is 1. The highest BCUT2D eigenvalue weighted by Gasteiger charge is 2.10. The number of imidazole rings is 1. The summed E-state index contributed by atoms with van der Waals surface area (Å²) in [5, 5.41) is 1.03. The first-order valence-corrected chi connectivity index (χ1v) is 8.23. The van der Waals surface area contributed by atoms with Gasteiger partial charge in [-0.15, -0.1) is 11.8 Å². The third-order valence-corrected chi connectivity index (χ3v) is 4.77. The molecule has 1 aromatic heterocycles. The van der Waals surface area contributed by atoms with Crippen molar-refractivity contribution in [3.63, 3.8) is 0 Å². The number of aromatic nitrogens is 2. The van der Waals surface area contributed by atoms with Gasteiger partial charge in [-0.3, -0.25) is 4.57 Å². The van der Waals surface area contributed by atoms with Gasteiger partial charge in [-0.05, 0) is 48.8 Å². The van der Waals surface area contributed by atoms with E-state index in [4.69, 9.17) is 35.4 Å². The van der Waals surface area contributed by atoms with Crippen LogP contribution in [0.3, 0.4) is 0 Å². The smallest absolute Gasteiger partial charge is 0.182 e. The molecule has 1 heterocycles. The van der Waals surface area contributed by atoms with Crippen LogP contribution in [0.5, 0.6) is 0 Å². The SMILES string of the molecule is CSc1cccc(-n2c(=S)[nH]c3cc(Cl)c(Cl)cc32)c1. The fraction of sp³-hybridized carbons (Fsp3) is 0.0714. The van der Waals surface area contributed by atoms with Crippen molar-refractivity contribution in [2.45, 2.75) is 4.90 Å². The number of H-pyrrole nitrogens is 1. The van der Waals surface area contributed by atoms with Gasteiger partial charge in [-0.1, -0.05) is 29.3 Å². The van der Waals surface area contributed by atoms with E-state index in [-0.39, 0.29) is 0 Å². The molecule has 0 unspecified atom stereocenters. The van der Waals surface area contributed by atoms with E-state index >= 15 is 0 Å². The van der Waals surface area contributed by atoms with Gasteiger partial charge < -0.3 is 4.98 Å². The molecule has 0 saturated heterocycles. The van der Waals surface area contributed by atoms with Crippen molar-refractivity contribution >= 4 is 58.2 Å². The molecule has 0 bridgehead atoms. The molecule has 3 rings (SSSR count).